The monoisotopic (exact) mass is 299 g/mol. The molecule has 0 amide bonds. The Hall–Kier alpha value is -2.21. The van der Waals surface area contributed by atoms with Gasteiger partial charge in [-0.15, -0.1) is 0 Å². The van der Waals surface area contributed by atoms with Crippen LogP contribution in [0.3, 0.4) is 0 Å². The number of nitrogens with one attached hydrogen (secondary N) is 1. The third-order valence-corrected chi connectivity index (χ3v) is 4.51. The average molecular weight is 299 g/mol. The summed E-state index contributed by atoms with van der Waals surface area (Å²) in [5, 5.41) is 1.92. The number of rotatable bonds is 4. The standard InChI is InChI=1S/C16H14N2O2S/c19-21(20,18-17-15-8-2-1-3-9-15)16-11-10-13-6-4-5-7-14(13)12-16/h1-12,17-18H/p+1. The molecular weight excluding hydrogens is 284 g/mol. The lowest BCUT2D eigenvalue weighted by Crippen LogP contribution is -2.89. The predicted octanol–water partition coefficient (Wildman–Crippen LogP) is 1.93. The zero-order valence-electron chi connectivity index (χ0n) is 11.2. The fourth-order valence-electron chi connectivity index (χ4n) is 2.10. The van der Waals surface area contributed by atoms with E-state index < -0.39 is 10.0 Å². The molecule has 0 aliphatic heterocycles. The van der Waals surface area contributed by atoms with E-state index in [0.29, 0.717) is 0 Å². The first-order chi connectivity index (χ1) is 10.1. The van der Waals surface area contributed by atoms with E-state index in [2.05, 4.69) is 4.83 Å². The van der Waals surface area contributed by atoms with E-state index >= 15 is 0 Å². The molecule has 3 rings (SSSR count). The second kappa shape index (κ2) is 5.65. The van der Waals surface area contributed by atoms with Gasteiger partial charge in [-0.1, -0.05) is 53.4 Å². The van der Waals surface area contributed by atoms with Crippen molar-refractivity contribution in [1.29, 1.82) is 0 Å². The molecule has 0 atom stereocenters. The molecule has 5 heteroatoms. The van der Waals surface area contributed by atoms with Crippen molar-refractivity contribution in [2.45, 2.75) is 4.90 Å². The maximum absolute atomic E-state index is 12.3. The first-order valence-electron chi connectivity index (χ1n) is 6.54. The van der Waals surface area contributed by atoms with Crippen LogP contribution in [-0.2, 0) is 10.0 Å². The average Bonchev–Trinajstić information content (AvgIpc) is 2.53. The molecule has 0 aromatic heterocycles. The highest BCUT2D eigenvalue weighted by Gasteiger charge is 2.16. The van der Waals surface area contributed by atoms with Crippen molar-refractivity contribution >= 4 is 26.5 Å². The molecule has 0 unspecified atom stereocenters. The van der Waals surface area contributed by atoms with Crippen LogP contribution < -0.4 is 10.3 Å². The maximum atomic E-state index is 12.3. The van der Waals surface area contributed by atoms with Crippen LogP contribution in [0.15, 0.2) is 77.7 Å². The van der Waals surface area contributed by atoms with Gasteiger partial charge in [0.25, 0.3) is 10.0 Å². The number of hydrogen-bond acceptors (Lipinski definition) is 2. The van der Waals surface area contributed by atoms with Gasteiger partial charge in [0.2, 0.25) is 0 Å². The number of hydrogen-bond donors (Lipinski definition) is 2. The van der Waals surface area contributed by atoms with Gasteiger partial charge in [-0.25, -0.2) is 13.8 Å². The van der Waals surface area contributed by atoms with Crippen molar-refractivity contribution in [3.05, 3.63) is 72.8 Å². The Morgan fingerprint density at radius 3 is 2.19 bits per heavy atom. The molecule has 0 saturated carbocycles. The fourth-order valence-corrected chi connectivity index (χ4v) is 3.05. The van der Waals surface area contributed by atoms with Crippen LogP contribution in [0, 0.1) is 0 Å². The van der Waals surface area contributed by atoms with E-state index in [1.807, 2.05) is 60.7 Å². The first kappa shape index (κ1) is 13.8. The highest BCUT2D eigenvalue weighted by atomic mass is 32.2. The minimum Gasteiger partial charge on any atom is -0.222 e. The van der Waals surface area contributed by atoms with Gasteiger partial charge in [-0.2, -0.15) is 0 Å². The van der Waals surface area contributed by atoms with Crippen LogP contribution in [0.5, 0.6) is 0 Å². The molecule has 0 aliphatic rings. The van der Waals surface area contributed by atoms with Crippen molar-refractivity contribution in [2.24, 2.45) is 0 Å². The second-order valence-corrected chi connectivity index (χ2v) is 6.40. The number of fused-ring (bicyclic) bond motifs is 1. The highest BCUT2D eigenvalue weighted by Crippen LogP contribution is 2.18. The predicted molar refractivity (Wildman–Crippen MR) is 82.3 cm³/mol. The molecule has 3 aromatic rings. The van der Waals surface area contributed by atoms with Crippen molar-refractivity contribution < 1.29 is 13.8 Å². The van der Waals surface area contributed by atoms with Crippen molar-refractivity contribution in [3.63, 3.8) is 0 Å². The third-order valence-electron chi connectivity index (χ3n) is 3.21. The van der Waals surface area contributed by atoms with Crippen LogP contribution >= 0.6 is 0 Å². The summed E-state index contributed by atoms with van der Waals surface area (Å²) < 4.78 is 24.6. The zero-order valence-corrected chi connectivity index (χ0v) is 12.0. The smallest absolute Gasteiger partial charge is 0.222 e. The normalized spacial score (nSPS) is 11.6. The third kappa shape index (κ3) is 3.11. The Kier molecular flexibility index (Phi) is 3.70. The van der Waals surface area contributed by atoms with E-state index in [1.165, 1.54) is 5.43 Å². The fraction of sp³-hybridized carbons (Fsp3) is 0. The highest BCUT2D eigenvalue weighted by molar-refractivity contribution is 7.89. The first-order valence-corrected chi connectivity index (χ1v) is 8.03. The molecular formula is C16H15N2O2S+. The Labute approximate surface area is 123 Å². The van der Waals surface area contributed by atoms with E-state index in [-0.39, 0.29) is 4.90 Å². The molecule has 0 aliphatic carbocycles. The Bertz CT molecular complexity index is 862. The van der Waals surface area contributed by atoms with E-state index in [1.54, 1.807) is 12.1 Å². The van der Waals surface area contributed by atoms with Crippen molar-refractivity contribution in [1.82, 2.24) is 4.83 Å². The largest absolute Gasteiger partial charge is 0.282 e. The van der Waals surface area contributed by atoms with Gasteiger partial charge in [0, 0.05) is 12.1 Å². The van der Waals surface area contributed by atoms with Gasteiger partial charge in [-0.3, -0.25) is 0 Å². The molecule has 0 saturated heterocycles. The topological polar surface area (TPSA) is 62.8 Å². The van der Waals surface area contributed by atoms with Gasteiger partial charge >= 0.3 is 0 Å². The number of benzene rings is 3. The molecule has 0 heterocycles. The Balaban J connectivity index is 1.86. The molecule has 4 nitrogen and oxygen atoms in total. The van der Waals surface area contributed by atoms with E-state index in [0.717, 1.165) is 16.5 Å². The van der Waals surface area contributed by atoms with Gasteiger partial charge in [0.05, 0.1) is 4.90 Å². The summed E-state index contributed by atoms with van der Waals surface area (Å²) in [6, 6.07) is 22.0. The number of quaternary nitrogens is 1. The van der Waals surface area contributed by atoms with Crippen LogP contribution in [0.2, 0.25) is 0 Å². The zero-order chi connectivity index (χ0) is 14.7. The molecule has 3 N–H and O–H groups in total. The second-order valence-electron chi connectivity index (χ2n) is 4.69. The molecule has 0 radical (unpaired) electrons. The van der Waals surface area contributed by atoms with Crippen LogP contribution in [0.1, 0.15) is 0 Å². The summed E-state index contributed by atoms with van der Waals surface area (Å²) in [6.07, 6.45) is 0. The van der Waals surface area contributed by atoms with Gasteiger partial charge in [0.15, 0.2) is 0 Å². The summed E-state index contributed by atoms with van der Waals surface area (Å²) in [5.74, 6) is 0. The quantitative estimate of drug-likeness (QED) is 0.439. The summed E-state index contributed by atoms with van der Waals surface area (Å²) >= 11 is 0. The lowest BCUT2D eigenvalue weighted by Gasteiger charge is -2.06. The number of para-hydroxylation sites is 1. The van der Waals surface area contributed by atoms with Crippen molar-refractivity contribution in [3.8, 4) is 0 Å². The number of nitrogens with two attached hydrogens (primary N) is 1. The summed E-state index contributed by atoms with van der Waals surface area (Å²) in [6.45, 7) is 0. The van der Waals surface area contributed by atoms with Gasteiger partial charge in [-0.05, 0) is 22.9 Å². The molecule has 3 aromatic carbocycles. The number of sulfonamides is 1. The lowest BCUT2D eigenvalue weighted by atomic mass is 10.1. The molecule has 0 bridgehead atoms. The Morgan fingerprint density at radius 2 is 1.43 bits per heavy atom. The van der Waals surface area contributed by atoms with Gasteiger partial charge in [0.1, 0.15) is 5.69 Å². The molecule has 21 heavy (non-hydrogen) atoms. The van der Waals surface area contributed by atoms with E-state index in [9.17, 15) is 8.42 Å². The molecule has 106 valence electrons. The van der Waals surface area contributed by atoms with Crippen LogP contribution in [0.4, 0.5) is 5.69 Å². The lowest BCUT2D eigenvalue weighted by molar-refractivity contribution is -0.610. The van der Waals surface area contributed by atoms with E-state index in [4.69, 9.17) is 0 Å². The summed E-state index contributed by atoms with van der Waals surface area (Å²) in [4.78, 5) is 2.76. The van der Waals surface area contributed by atoms with Crippen molar-refractivity contribution in [2.75, 3.05) is 0 Å². The van der Waals surface area contributed by atoms with Gasteiger partial charge < -0.3 is 0 Å². The SMILES string of the molecule is O=S(=O)(N[NH2+]c1ccccc1)c1ccc2ccccc2c1. The Morgan fingerprint density at radius 1 is 0.762 bits per heavy atom. The van der Waals surface area contributed by atoms with Crippen LogP contribution in [0.25, 0.3) is 10.8 Å². The van der Waals surface area contributed by atoms with Crippen LogP contribution in [-0.4, -0.2) is 8.42 Å². The summed E-state index contributed by atoms with van der Waals surface area (Å²) in [7, 11) is -3.56. The molecule has 0 spiro atoms. The molecule has 0 fully saturated rings. The minimum atomic E-state index is -3.56. The summed E-state index contributed by atoms with van der Waals surface area (Å²) in [5.41, 5.74) is 2.30. The minimum absolute atomic E-state index is 0.258. The maximum Gasteiger partial charge on any atom is 0.282 e.